The molecule has 110 valence electrons. The van der Waals surface area contributed by atoms with E-state index in [-0.39, 0.29) is 6.61 Å². The topological polar surface area (TPSA) is 59.3 Å². The second-order valence-corrected chi connectivity index (χ2v) is 5.42. The molecule has 2 aromatic carbocycles. The van der Waals surface area contributed by atoms with Gasteiger partial charge in [0, 0.05) is 11.4 Å². The SMILES string of the molecule is N#Cc1ccc(COC(=O)[C@@H]2Cc3cc(Cl)ccc3O2)cc1. The van der Waals surface area contributed by atoms with E-state index in [9.17, 15) is 4.79 Å². The summed E-state index contributed by atoms with van der Waals surface area (Å²) >= 11 is 5.92. The quantitative estimate of drug-likeness (QED) is 0.816. The first-order chi connectivity index (χ1) is 10.7. The molecule has 4 nitrogen and oxygen atoms in total. The second kappa shape index (κ2) is 6.08. The van der Waals surface area contributed by atoms with Crippen LogP contribution in [0.1, 0.15) is 16.7 Å². The molecular weight excluding hydrogens is 302 g/mol. The number of carbonyl (C=O) groups excluding carboxylic acids is 1. The van der Waals surface area contributed by atoms with Crippen molar-refractivity contribution >= 4 is 17.6 Å². The first-order valence-corrected chi connectivity index (χ1v) is 7.14. The summed E-state index contributed by atoms with van der Waals surface area (Å²) in [7, 11) is 0. The minimum absolute atomic E-state index is 0.154. The van der Waals surface area contributed by atoms with Crippen molar-refractivity contribution in [2.24, 2.45) is 0 Å². The Morgan fingerprint density at radius 1 is 1.32 bits per heavy atom. The van der Waals surface area contributed by atoms with Crippen LogP contribution in [0.2, 0.25) is 5.02 Å². The molecule has 2 aromatic rings. The fraction of sp³-hybridized carbons (Fsp3) is 0.176. The van der Waals surface area contributed by atoms with Crippen molar-refractivity contribution in [1.82, 2.24) is 0 Å². The van der Waals surface area contributed by atoms with Crippen LogP contribution in [-0.4, -0.2) is 12.1 Å². The van der Waals surface area contributed by atoms with Crippen molar-refractivity contribution < 1.29 is 14.3 Å². The molecule has 0 bridgehead atoms. The van der Waals surface area contributed by atoms with Crippen molar-refractivity contribution in [3.05, 3.63) is 64.2 Å². The van der Waals surface area contributed by atoms with E-state index in [0.717, 1.165) is 11.1 Å². The lowest BCUT2D eigenvalue weighted by molar-refractivity contribution is -0.152. The Morgan fingerprint density at radius 3 is 2.82 bits per heavy atom. The minimum Gasteiger partial charge on any atom is -0.478 e. The average molecular weight is 314 g/mol. The molecule has 1 aliphatic heterocycles. The first-order valence-electron chi connectivity index (χ1n) is 6.76. The number of nitrogens with zero attached hydrogens (tertiary/aromatic N) is 1. The molecule has 0 N–H and O–H groups in total. The van der Waals surface area contributed by atoms with Gasteiger partial charge in [0.1, 0.15) is 12.4 Å². The number of benzene rings is 2. The second-order valence-electron chi connectivity index (χ2n) is 4.98. The van der Waals surface area contributed by atoms with Gasteiger partial charge in [-0.1, -0.05) is 23.7 Å². The summed E-state index contributed by atoms with van der Waals surface area (Å²) in [5, 5.41) is 9.35. The number of halogens is 1. The third-order valence-corrected chi connectivity index (χ3v) is 3.66. The van der Waals surface area contributed by atoms with Crippen molar-refractivity contribution in [2.45, 2.75) is 19.1 Å². The van der Waals surface area contributed by atoms with Crippen LogP contribution < -0.4 is 4.74 Å². The summed E-state index contributed by atoms with van der Waals surface area (Å²) in [6, 6.07) is 14.2. The van der Waals surface area contributed by atoms with Crippen LogP contribution in [0.3, 0.4) is 0 Å². The molecule has 22 heavy (non-hydrogen) atoms. The van der Waals surface area contributed by atoms with E-state index in [1.165, 1.54) is 0 Å². The van der Waals surface area contributed by atoms with Gasteiger partial charge in [0.2, 0.25) is 0 Å². The molecular formula is C17H12ClNO3. The first kappa shape index (κ1) is 14.4. The standard InChI is InChI=1S/C17H12ClNO3/c18-14-5-6-15-13(7-14)8-16(22-15)17(20)21-10-12-3-1-11(9-19)2-4-12/h1-7,16H,8,10H2/t16-/m0/s1. The van der Waals surface area contributed by atoms with Crippen LogP contribution in [0.15, 0.2) is 42.5 Å². The third kappa shape index (κ3) is 3.05. The highest BCUT2D eigenvalue weighted by molar-refractivity contribution is 6.30. The van der Waals surface area contributed by atoms with Gasteiger partial charge in [-0.2, -0.15) is 5.26 Å². The van der Waals surface area contributed by atoms with E-state index in [0.29, 0.717) is 22.8 Å². The van der Waals surface area contributed by atoms with Gasteiger partial charge in [-0.3, -0.25) is 0 Å². The van der Waals surface area contributed by atoms with Gasteiger partial charge >= 0.3 is 5.97 Å². The predicted octanol–water partition coefficient (Wildman–Crippen LogP) is 3.26. The number of rotatable bonds is 3. The summed E-state index contributed by atoms with van der Waals surface area (Å²) < 4.78 is 10.8. The van der Waals surface area contributed by atoms with Crippen LogP contribution in [0.25, 0.3) is 0 Å². The molecule has 0 aromatic heterocycles. The maximum Gasteiger partial charge on any atom is 0.348 e. The number of nitriles is 1. The summed E-state index contributed by atoms with van der Waals surface area (Å²) in [5.74, 6) is 0.265. The number of hydrogen-bond donors (Lipinski definition) is 0. The van der Waals surface area contributed by atoms with Gasteiger partial charge in [-0.25, -0.2) is 4.79 Å². The summed E-state index contributed by atoms with van der Waals surface area (Å²) in [6.45, 7) is 0.154. The van der Waals surface area contributed by atoms with Crippen LogP contribution >= 0.6 is 11.6 Å². The lowest BCUT2D eigenvalue weighted by Crippen LogP contribution is -2.27. The number of fused-ring (bicyclic) bond motifs is 1. The van der Waals surface area contributed by atoms with Crippen molar-refractivity contribution in [3.8, 4) is 11.8 Å². The molecule has 0 saturated heterocycles. The zero-order valence-corrected chi connectivity index (χ0v) is 12.3. The molecule has 0 fully saturated rings. The zero-order chi connectivity index (χ0) is 15.5. The molecule has 0 radical (unpaired) electrons. The summed E-state index contributed by atoms with van der Waals surface area (Å²) in [4.78, 5) is 12.1. The number of ether oxygens (including phenoxy) is 2. The van der Waals surface area contributed by atoms with Crippen LogP contribution in [0.5, 0.6) is 5.75 Å². The molecule has 1 atom stereocenters. The molecule has 0 saturated carbocycles. The van der Waals surface area contributed by atoms with Crippen molar-refractivity contribution in [3.63, 3.8) is 0 Å². The van der Waals surface area contributed by atoms with E-state index in [2.05, 4.69) is 0 Å². The normalized spacial score (nSPS) is 15.5. The van der Waals surface area contributed by atoms with Crippen molar-refractivity contribution in [2.75, 3.05) is 0 Å². The van der Waals surface area contributed by atoms with E-state index in [1.54, 1.807) is 42.5 Å². The van der Waals surface area contributed by atoms with E-state index in [4.69, 9.17) is 26.3 Å². The van der Waals surface area contributed by atoms with E-state index >= 15 is 0 Å². The third-order valence-electron chi connectivity index (χ3n) is 3.42. The minimum atomic E-state index is -0.633. The Bertz CT molecular complexity index is 749. The van der Waals surface area contributed by atoms with E-state index < -0.39 is 12.1 Å². The molecule has 0 amide bonds. The predicted molar refractivity (Wildman–Crippen MR) is 80.5 cm³/mol. The molecule has 0 spiro atoms. The average Bonchev–Trinajstić information content (AvgIpc) is 2.96. The zero-order valence-electron chi connectivity index (χ0n) is 11.6. The van der Waals surface area contributed by atoms with Gasteiger partial charge in [-0.05, 0) is 41.5 Å². The van der Waals surface area contributed by atoms with Gasteiger partial charge in [0.25, 0.3) is 0 Å². The molecule has 3 rings (SSSR count). The smallest absolute Gasteiger partial charge is 0.348 e. The maximum atomic E-state index is 12.1. The number of hydrogen-bond acceptors (Lipinski definition) is 4. The lowest BCUT2D eigenvalue weighted by atomic mass is 10.1. The molecule has 0 aliphatic carbocycles. The van der Waals surface area contributed by atoms with Gasteiger partial charge in [0.15, 0.2) is 6.10 Å². The van der Waals surface area contributed by atoms with Crippen LogP contribution in [-0.2, 0) is 22.6 Å². The highest BCUT2D eigenvalue weighted by Gasteiger charge is 2.30. The fourth-order valence-corrected chi connectivity index (χ4v) is 2.47. The number of esters is 1. The Balaban J connectivity index is 1.58. The Morgan fingerprint density at radius 2 is 2.09 bits per heavy atom. The monoisotopic (exact) mass is 313 g/mol. The highest BCUT2D eigenvalue weighted by atomic mass is 35.5. The van der Waals surface area contributed by atoms with Crippen LogP contribution in [0, 0.1) is 11.3 Å². The number of carbonyl (C=O) groups is 1. The molecule has 1 aliphatic rings. The largest absolute Gasteiger partial charge is 0.478 e. The fourth-order valence-electron chi connectivity index (χ4n) is 2.27. The molecule has 5 heteroatoms. The lowest BCUT2D eigenvalue weighted by Gasteiger charge is -2.10. The van der Waals surface area contributed by atoms with Crippen molar-refractivity contribution in [1.29, 1.82) is 5.26 Å². The highest BCUT2D eigenvalue weighted by Crippen LogP contribution is 2.31. The molecule has 0 unspecified atom stereocenters. The molecule has 1 heterocycles. The van der Waals surface area contributed by atoms with Gasteiger partial charge in [0.05, 0.1) is 11.6 Å². The summed E-state index contributed by atoms with van der Waals surface area (Å²) in [5.41, 5.74) is 2.31. The maximum absolute atomic E-state index is 12.1. The van der Waals surface area contributed by atoms with E-state index in [1.807, 2.05) is 6.07 Å². The Hall–Kier alpha value is -2.51. The summed E-state index contributed by atoms with van der Waals surface area (Å²) in [6.07, 6.45) is -0.172. The van der Waals surface area contributed by atoms with Crippen LogP contribution in [0.4, 0.5) is 0 Å². The Kier molecular flexibility index (Phi) is 3.99. The van der Waals surface area contributed by atoms with Gasteiger partial charge < -0.3 is 9.47 Å². The Labute approximate surface area is 132 Å². The van der Waals surface area contributed by atoms with Gasteiger partial charge in [-0.15, -0.1) is 0 Å².